The van der Waals surface area contributed by atoms with E-state index in [0.717, 1.165) is 44.6 Å². The van der Waals surface area contributed by atoms with E-state index in [0.29, 0.717) is 0 Å². The highest BCUT2D eigenvalue weighted by molar-refractivity contribution is 5.73. The van der Waals surface area contributed by atoms with Crippen LogP contribution in [-0.2, 0) is 20.9 Å². The van der Waals surface area contributed by atoms with Crippen LogP contribution in [0, 0.1) is 5.92 Å². The molecule has 3 rings (SSSR count). The smallest absolute Gasteiger partial charge is 0.475 e. The van der Waals surface area contributed by atoms with Crippen LogP contribution in [0.4, 0.5) is 32.2 Å². The Morgan fingerprint density at radius 2 is 1.58 bits per heavy atom. The van der Waals surface area contributed by atoms with E-state index in [1.807, 2.05) is 12.3 Å². The lowest BCUT2D eigenvalue weighted by Gasteiger charge is -2.28. The van der Waals surface area contributed by atoms with E-state index in [-0.39, 0.29) is 0 Å². The molecule has 1 saturated heterocycles. The van der Waals surface area contributed by atoms with E-state index in [1.165, 1.54) is 24.9 Å². The Labute approximate surface area is 185 Å². The molecule has 2 aliphatic rings. The van der Waals surface area contributed by atoms with E-state index in [2.05, 4.69) is 27.9 Å². The standard InChI is InChI=1S/C15H23N3O.2C2HF3O2/c1-17-7-8-18(11-13-4-9-19-10-5-13)12-14-3-2-6-16-15(14)17;2*3-2(4,5)1(6)7/h2-3,6,13H,4-5,7-12H2,1H3;2*(H,6,7). The monoisotopic (exact) mass is 489 g/mol. The molecule has 0 unspecified atom stereocenters. The molecule has 1 aromatic rings. The average Bonchev–Trinajstić information content (AvgIpc) is 2.87. The van der Waals surface area contributed by atoms with Gasteiger partial charge in [0.2, 0.25) is 0 Å². The second kappa shape index (κ2) is 12.6. The predicted octanol–water partition coefficient (Wildman–Crippen LogP) is 3.03. The first-order valence-corrected chi connectivity index (χ1v) is 9.77. The third kappa shape index (κ3) is 10.7. The lowest BCUT2D eigenvalue weighted by molar-refractivity contribution is -0.193. The zero-order valence-electron chi connectivity index (χ0n) is 17.7. The van der Waals surface area contributed by atoms with Gasteiger partial charge in [0.15, 0.2) is 0 Å². The molecule has 1 aromatic heterocycles. The number of alkyl halides is 6. The minimum absolute atomic E-state index is 0.803. The summed E-state index contributed by atoms with van der Waals surface area (Å²) in [6.45, 7) is 6.31. The molecule has 0 bridgehead atoms. The summed E-state index contributed by atoms with van der Waals surface area (Å²) in [7, 11) is 2.14. The SMILES string of the molecule is CN1CCN(CC2CCOCC2)Cc2cccnc21.O=C(O)C(F)(F)F.O=C(O)C(F)(F)F. The number of carboxylic acids is 2. The van der Waals surface area contributed by atoms with Crippen molar-refractivity contribution in [2.24, 2.45) is 5.92 Å². The Hall–Kier alpha value is -2.61. The van der Waals surface area contributed by atoms with Crippen molar-refractivity contribution in [2.75, 3.05) is 44.8 Å². The van der Waals surface area contributed by atoms with E-state index < -0.39 is 24.3 Å². The summed E-state index contributed by atoms with van der Waals surface area (Å²) in [5, 5.41) is 14.2. The van der Waals surface area contributed by atoms with Crippen LogP contribution in [0.15, 0.2) is 18.3 Å². The van der Waals surface area contributed by atoms with Crippen molar-refractivity contribution in [1.29, 1.82) is 0 Å². The van der Waals surface area contributed by atoms with Crippen LogP contribution < -0.4 is 4.90 Å². The van der Waals surface area contributed by atoms with Gasteiger partial charge in [0.05, 0.1) is 0 Å². The molecular formula is C19H25F6N3O5. The summed E-state index contributed by atoms with van der Waals surface area (Å²) in [5.74, 6) is -3.56. The fourth-order valence-electron chi connectivity index (χ4n) is 3.06. The highest BCUT2D eigenvalue weighted by Crippen LogP contribution is 2.23. The third-order valence-corrected chi connectivity index (χ3v) is 4.72. The van der Waals surface area contributed by atoms with Gasteiger partial charge in [0, 0.05) is 58.2 Å². The number of carboxylic acid groups (broad SMARTS) is 2. The molecule has 0 atom stereocenters. The summed E-state index contributed by atoms with van der Waals surface area (Å²) < 4.78 is 68.9. The first kappa shape index (κ1) is 28.4. The second-order valence-electron chi connectivity index (χ2n) is 7.30. The number of likely N-dealkylation sites (N-methyl/N-ethyl adjacent to an activating group) is 1. The van der Waals surface area contributed by atoms with E-state index in [4.69, 9.17) is 24.5 Å². The van der Waals surface area contributed by atoms with Crippen LogP contribution in [0.2, 0.25) is 0 Å². The van der Waals surface area contributed by atoms with Gasteiger partial charge >= 0.3 is 24.3 Å². The molecule has 1 fully saturated rings. The van der Waals surface area contributed by atoms with E-state index >= 15 is 0 Å². The third-order valence-electron chi connectivity index (χ3n) is 4.72. The zero-order chi connectivity index (χ0) is 25.2. The highest BCUT2D eigenvalue weighted by Gasteiger charge is 2.38. The Morgan fingerprint density at radius 1 is 1.06 bits per heavy atom. The van der Waals surface area contributed by atoms with Crippen molar-refractivity contribution >= 4 is 17.8 Å². The Kier molecular flexibility index (Phi) is 10.8. The largest absolute Gasteiger partial charge is 0.490 e. The lowest BCUT2D eigenvalue weighted by Crippen LogP contribution is -2.35. The van der Waals surface area contributed by atoms with Crippen molar-refractivity contribution in [3.05, 3.63) is 23.9 Å². The van der Waals surface area contributed by atoms with Crippen molar-refractivity contribution in [3.8, 4) is 0 Å². The summed E-state index contributed by atoms with van der Waals surface area (Å²) in [4.78, 5) is 27.2. The second-order valence-corrected chi connectivity index (χ2v) is 7.30. The van der Waals surface area contributed by atoms with Crippen LogP contribution in [0.25, 0.3) is 0 Å². The van der Waals surface area contributed by atoms with Crippen LogP contribution in [-0.4, -0.2) is 84.3 Å². The quantitative estimate of drug-likeness (QED) is 0.612. The number of hydrogen-bond donors (Lipinski definition) is 2. The number of pyridine rings is 1. The Bertz CT molecular complexity index is 745. The number of aromatic nitrogens is 1. The Morgan fingerprint density at radius 3 is 2.06 bits per heavy atom. The van der Waals surface area contributed by atoms with E-state index in [9.17, 15) is 26.3 Å². The maximum Gasteiger partial charge on any atom is 0.490 e. The number of ether oxygens (including phenoxy) is 1. The summed E-state index contributed by atoms with van der Waals surface area (Å²) in [6.07, 6.45) is -5.85. The number of halogens is 6. The van der Waals surface area contributed by atoms with Crippen molar-refractivity contribution in [3.63, 3.8) is 0 Å². The van der Waals surface area contributed by atoms with Crippen molar-refractivity contribution < 1.29 is 50.9 Å². The Balaban J connectivity index is 0.000000324. The minimum Gasteiger partial charge on any atom is -0.475 e. The molecule has 0 aromatic carbocycles. The number of nitrogens with zero attached hydrogens (tertiary/aromatic N) is 3. The highest BCUT2D eigenvalue weighted by atomic mass is 19.4. The van der Waals surface area contributed by atoms with Gasteiger partial charge in [-0.15, -0.1) is 0 Å². The van der Waals surface area contributed by atoms with Gasteiger partial charge in [-0.05, 0) is 24.8 Å². The van der Waals surface area contributed by atoms with Gasteiger partial charge in [-0.1, -0.05) is 6.07 Å². The average molecular weight is 489 g/mol. The molecule has 0 amide bonds. The first-order chi connectivity index (χ1) is 15.2. The number of fused-ring (bicyclic) bond motifs is 1. The molecule has 14 heteroatoms. The van der Waals surface area contributed by atoms with Crippen molar-refractivity contribution in [1.82, 2.24) is 9.88 Å². The molecule has 8 nitrogen and oxygen atoms in total. The molecule has 0 aliphatic carbocycles. The topological polar surface area (TPSA) is 103 Å². The van der Waals surface area contributed by atoms with E-state index in [1.54, 1.807) is 0 Å². The number of aliphatic carboxylic acids is 2. The van der Waals surface area contributed by atoms with Crippen LogP contribution in [0.1, 0.15) is 18.4 Å². The molecule has 0 spiro atoms. The summed E-state index contributed by atoms with van der Waals surface area (Å²) in [6, 6.07) is 4.26. The number of anilines is 1. The van der Waals surface area contributed by atoms with Crippen LogP contribution in [0.5, 0.6) is 0 Å². The maximum absolute atomic E-state index is 10.6. The molecule has 3 heterocycles. The fourth-order valence-corrected chi connectivity index (χ4v) is 3.06. The van der Waals surface area contributed by atoms with Gasteiger partial charge in [0.1, 0.15) is 5.82 Å². The predicted molar refractivity (Wildman–Crippen MR) is 104 cm³/mol. The number of hydrogen-bond acceptors (Lipinski definition) is 6. The first-order valence-electron chi connectivity index (χ1n) is 9.77. The molecule has 33 heavy (non-hydrogen) atoms. The fraction of sp³-hybridized carbons (Fsp3) is 0.632. The van der Waals surface area contributed by atoms with Gasteiger partial charge < -0.3 is 19.8 Å². The summed E-state index contributed by atoms with van der Waals surface area (Å²) >= 11 is 0. The van der Waals surface area contributed by atoms with Gasteiger partial charge in [0.25, 0.3) is 0 Å². The zero-order valence-corrected chi connectivity index (χ0v) is 17.7. The molecule has 2 N–H and O–H groups in total. The lowest BCUT2D eigenvalue weighted by atomic mass is 9.99. The number of carbonyl (C=O) groups is 2. The molecule has 2 aliphatic heterocycles. The molecule has 0 saturated carbocycles. The minimum atomic E-state index is -5.08. The normalized spacial score (nSPS) is 17.5. The van der Waals surface area contributed by atoms with Crippen LogP contribution >= 0.6 is 0 Å². The van der Waals surface area contributed by atoms with Gasteiger partial charge in [-0.3, -0.25) is 4.90 Å². The van der Waals surface area contributed by atoms with Crippen molar-refractivity contribution in [2.45, 2.75) is 31.7 Å². The molecular weight excluding hydrogens is 464 g/mol. The maximum atomic E-state index is 10.6. The molecule has 0 radical (unpaired) electrons. The number of rotatable bonds is 2. The van der Waals surface area contributed by atoms with Gasteiger partial charge in [-0.2, -0.15) is 26.3 Å². The van der Waals surface area contributed by atoms with Crippen LogP contribution in [0.3, 0.4) is 0 Å². The molecule has 188 valence electrons. The van der Waals surface area contributed by atoms with Gasteiger partial charge in [-0.25, -0.2) is 14.6 Å². The summed E-state index contributed by atoms with van der Waals surface area (Å²) in [5.41, 5.74) is 1.36.